The fraction of sp³-hybridized carbons (Fsp3) is 0.269. The largest absolute Gasteiger partial charge is 0.351 e. The van der Waals surface area contributed by atoms with Crippen LogP contribution in [0.5, 0.6) is 0 Å². The third-order valence-corrected chi connectivity index (χ3v) is 7.53. The fourth-order valence-electron chi connectivity index (χ4n) is 5.06. The molecule has 0 N–H and O–H groups in total. The molecule has 1 aliphatic rings. The number of nitrogens with zero attached hydrogens (tertiary/aromatic N) is 4. The van der Waals surface area contributed by atoms with Crippen molar-refractivity contribution in [1.82, 2.24) is 19.0 Å². The molecule has 156 valence electrons. The van der Waals surface area contributed by atoms with Crippen molar-refractivity contribution in [2.45, 2.75) is 26.3 Å². The van der Waals surface area contributed by atoms with E-state index in [0.717, 1.165) is 25.2 Å². The van der Waals surface area contributed by atoms with Crippen molar-refractivity contribution in [2.24, 2.45) is 7.05 Å². The molecule has 0 radical (unpaired) electrons. The predicted molar refractivity (Wildman–Crippen MR) is 130 cm³/mol. The Kier molecular flexibility index (Phi) is 4.30. The molecule has 0 unspecified atom stereocenters. The standard InChI is InChI=1S/C26H26N4S/c1-17-6-8-23-25(27-17)20-16-28(2)12-4-5-22(20)30(23)24-11-14-31-26(24)19-7-9-21-18(15-19)10-13-29(21)3/h6-11,13-15H,4-5,12,16H2,1-3H3. The minimum absolute atomic E-state index is 0.963. The molecule has 5 heterocycles. The van der Waals surface area contributed by atoms with Crippen LogP contribution in [0.15, 0.2) is 54.0 Å². The Labute approximate surface area is 186 Å². The summed E-state index contributed by atoms with van der Waals surface area (Å²) in [5, 5.41) is 3.51. The summed E-state index contributed by atoms with van der Waals surface area (Å²) in [6.45, 7) is 4.18. The van der Waals surface area contributed by atoms with Crippen LogP contribution < -0.4 is 0 Å². The van der Waals surface area contributed by atoms with Crippen LogP contribution in [-0.4, -0.2) is 32.6 Å². The molecule has 1 aliphatic heterocycles. The summed E-state index contributed by atoms with van der Waals surface area (Å²) in [5.41, 5.74) is 10.1. The number of benzene rings is 1. The van der Waals surface area contributed by atoms with Gasteiger partial charge in [0.1, 0.15) is 0 Å². The SMILES string of the molecule is Cc1ccc2c(n1)c1c(n2-c2ccsc2-c2ccc3c(ccn3C)c2)CCCN(C)C1. The predicted octanol–water partition coefficient (Wildman–Crippen LogP) is 5.93. The lowest BCUT2D eigenvalue weighted by Gasteiger charge is -2.12. The minimum Gasteiger partial charge on any atom is -0.351 e. The van der Waals surface area contributed by atoms with Crippen molar-refractivity contribution < 1.29 is 0 Å². The van der Waals surface area contributed by atoms with Crippen LogP contribution in [0, 0.1) is 6.92 Å². The second kappa shape index (κ2) is 7.08. The van der Waals surface area contributed by atoms with Gasteiger partial charge in [-0.05, 0) is 80.7 Å². The first-order valence-corrected chi connectivity index (χ1v) is 11.8. The maximum atomic E-state index is 4.99. The molecule has 0 spiro atoms. The molecular formula is C26H26N4S. The van der Waals surface area contributed by atoms with E-state index in [0.29, 0.717) is 0 Å². The summed E-state index contributed by atoms with van der Waals surface area (Å²) >= 11 is 1.83. The quantitative estimate of drug-likeness (QED) is 0.350. The average molecular weight is 427 g/mol. The highest BCUT2D eigenvalue weighted by atomic mass is 32.1. The molecule has 0 atom stereocenters. The molecule has 0 fully saturated rings. The zero-order chi connectivity index (χ0) is 21.1. The lowest BCUT2D eigenvalue weighted by atomic mass is 10.1. The van der Waals surface area contributed by atoms with Gasteiger partial charge in [0.25, 0.3) is 0 Å². The van der Waals surface area contributed by atoms with Gasteiger partial charge in [-0.15, -0.1) is 11.3 Å². The maximum Gasteiger partial charge on any atom is 0.0935 e. The molecule has 4 nitrogen and oxygen atoms in total. The number of aromatic nitrogens is 3. The Bertz CT molecular complexity index is 1430. The molecule has 31 heavy (non-hydrogen) atoms. The zero-order valence-electron chi connectivity index (χ0n) is 18.2. The van der Waals surface area contributed by atoms with E-state index in [1.807, 2.05) is 11.3 Å². The molecule has 0 bridgehead atoms. The van der Waals surface area contributed by atoms with Gasteiger partial charge in [0.2, 0.25) is 0 Å². The van der Waals surface area contributed by atoms with Crippen LogP contribution in [0.2, 0.25) is 0 Å². The van der Waals surface area contributed by atoms with Gasteiger partial charge >= 0.3 is 0 Å². The number of pyridine rings is 1. The normalized spacial score (nSPS) is 14.9. The lowest BCUT2D eigenvalue weighted by Crippen LogP contribution is -2.17. The van der Waals surface area contributed by atoms with Crippen LogP contribution >= 0.6 is 11.3 Å². The van der Waals surface area contributed by atoms with Crippen molar-refractivity contribution in [3.8, 4) is 16.1 Å². The topological polar surface area (TPSA) is 26.0 Å². The van der Waals surface area contributed by atoms with E-state index in [1.54, 1.807) is 0 Å². The summed E-state index contributed by atoms with van der Waals surface area (Å²) in [4.78, 5) is 8.75. The third kappa shape index (κ3) is 2.95. The van der Waals surface area contributed by atoms with Gasteiger partial charge in [-0.25, -0.2) is 0 Å². The van der Waals surface area contributed by atoms with Crippen LogP contribution in [0.3, 0.4) is 0 Å². The van der Waals surface area contributed by atoms with Crippen LogP contribution in [0.4, 0.5) is 0 Å². The van der Waals surface area contributed by atoms with Crippen molar-refractivity contribution in [2.75, 3.05) is 13.6 Å². The number of fused-ring (bicyclic) bond motifs is 4. The molecule has 5 aromatic rings. The van der Waals surface area contributed by atoms with E-state index in [9.17, 15) is 0 Å². The number of hydrogen-bond donors (Lipinski definition) is 0. The molecule has 1 aromatic carbocycles. The second-order valence-corrected chi connectivity index (χ2v) is 9.67. The highest BCUT2D eigenvalue weighted by Gasteiger charge is 2.24. The van der Waals surface area contributed by atoms with Gasteiger partial charge in [-0.3, -0.25) is 4.98 Å². The van der Waals surface area contributed by atoms with E-state index in [-0.39, 0.29) is 0 Å². The monoisotopic (exact) mass is 426 g/mol. The molecule has 0 aliphatic carbocycles. The summed E-state index contributed by atoms with van der Waals surface area (Å²) in [6, 6.07) is 15.7. The van der Waals surface area contributed by atoms with E-state index in [4.69, 9.17) is 4.98 Å². The highest BCUT2D eigenvalue weighted by molar-refractivity contribution is 7.14. The van der Waals surface area contributed by atoms with Crippen LogP contribution in [0.25, 0.3) is 38.1 Å². The van der Waals surface area contributed by atoms with Crippen molar-refractivity contribution >= 4 is 33.3 Å². The first-order valence-electron chi connectivity index (χ1n) is 10.9. The zero-order valence-corrected chi connectivity index (χ0v) is 19.0. The molecule has 6 rings (SSSR count). The second-order valence-electron chi connectivity index (χ2n) is 8.76. The Morgan fingerprint density at radius 2 is 1.87 bits per heavy atom. The molecular weight excluding hydrogens is 400 g/mol. The third-order valence-electron chi connectivity index (χ3n) is 6.57. The maximum absolute atomic E-state index is 4.99. The Balaban J connectivity index is 1.60. The van der Waals surface area contributed by atoms with E-state index in [1.165, 1.54) is 55.7 Å². The van der Waals surface area contributed by atoms with Gasteiger partial charge in [0.05, 0.1) is 21.6 Å². The molecule has 4 aromatic heterocycles. The van der Waals surface area contributed by atoms with Gasteiger partial charge in [-0.2, -0.15) is 0 Å². The number of rotatable bonds is 2. The summed E-state index contributed by atoms with van der Waals surface area (Å²) in [6.07, 6.45) is 4.39. The van der Waals surface area contributed by atoms with Gasteiger partial charge in [0.15, 0.2) is 0 Å². The number of aryl methyl sites for hydroxylation is 2. The Hall–Kier alpha value is -2.89. The van der Waals surface area contributed by atoms with Crippen molar-refractivity contribution in [3.63, 3.8) is 0 Å². The highest BCUT2D eigenvalue weighted by Crippen LogP contribution is 2.39. The Morgan fingerprint density at radius 3 is 2.77 bits per heavy atom. The summed E-state index contributed by atoms with van der Waals surface area (Å²) in [7, 11) is 4.32. The summed E-state index contributed by atoms with van der Waals surface area (Å²) in [5.74, 6) is 0. The van der Waals surface area contributed by atoms with Crippen LogP contribution in [-0.2, 0) is 20.0 Å². The Morgan fingerprint density at radius 1 is 1.00 bits per heavy atom. The van der Waals surface area contributed by atoms with E-state index in [2.05, 4.69) is 89.1 Å². The number of hydrogen-bond acceptors (Lipinski definition) is 3. The summed E-state index contributed by atoms with van der Waals surface area (Å²) < 4.78 is 4.68. The smallest absolute Gasteiger partial charge is 0.0935 e. The first kappa shape index (κ1) is 18.8. The van der Waals surface area contributed by atoms with Gasteiger partial charge < -0.3 is 14.0 Å². The number of thiophene rings is 1. The molecule has 0 amide bonds. The molecule has 5 heteroatoms. The minimum atomic E-state index is 0.963. The first-order chi connectivity index (χ1) is 15.1. The van der Waals surface area contributed by atoms with Gasteiger partial charge in [-0.1, -0.05) is 6.07 Å². The lowest BCUT2D eigenvalue weighted by molar-refractivity contribution is 0.333. The molecule has 0 saturated heterocycles. The molecule has 0 saturated carbocycles. The van der Waals surface area contributed by atoms with Crippen molar-refractivity contribution in [3.05, 3.63) is 71.0 Å². The van der Waals surface area contributed by atoms with E-state index >= 15 is 0 Å². The van der Waals surface area contributed by atoms with Crippen molar-refractivity contribution in [1.29, 1.82) is 0 Å². The van der Waals surface area contributed by atoms with E-state index < -0.39 is 0 Å². The van der Waals surface area contributed by atoms with Gasteiger partial charge in [0, 0.05) is 47.6 Å². The average Bonchev–Trinajstić information content (AvgIpc) is 3.41. The fourth-order valence-corrected chi connectivity index (χ4v) is 5.93. The van der Waals surface area contributed by atoms with Crippen LogP contribution in [0.1, 0.15) is 23.4 Å².